The Balaban J connectivity index is 2.12. The molecule has 8 heteroatoms. The Morgan fingerprint density at radius 2 is 2.17 bits per heavy atom. The summed E-state index contributed by atoms with van der Waals surface area (Å²) >= 11 is 0. The first kappa shape index (κ1) is 13.0. The van der Waals surface area contributed by atoms with E-state index in [-0.39, 0.29) is 12.2 Å². The standard InChI is InChI=1S/C10H14N2O6/c13-3-5-7(16)8(17)9(18-5)10-11-2-4(12-10)1-6(14)15/h2,5,7-9,13,16-17H,1,3H2,(H,11,12)(H,14,15)/t5-,7-,8-,9?/m1/s1. The minimum absolute atomic E-state index is 0.220. The summed E-state index contributed by atoms with van der Waals surface area (Å²) < 4.78 is 5.25. The van der Waals surface area contributed by atoms with Crippen molar-refractivity contribution in [1.29, 1.82) is 0 Å². The van der Waals surface area contributed by atoms with Crippen LogP contribution >= 0.6 is 0 Å². The molecule has 0 aliphatic carbocycles. The number of imidazole rings is 1. The minimum Gasteiger partial charge on any atom is -0.481 e. The predicted molar refractivity (Wildman–Crippen MR) is 56.6 cm³/mol. The van der Waals surface area contributed by atoms with Gasteiger partial charge in [0.15, 0.2) is 0 Å². The highest BCUT2D eigenvalue weighted by atomic mass is 16.6. The summed E-state index contributed by atoms with van der Waals surface area (Å²) in [5, 5.41) is 36.9. The number of carboxylic acid groups (broad SMARTS) is 1. The van der Waals surface area contributed by atoms with E-state index in [0.29, 0.717) is 5.69 Å². The van der Waals surface area contributed by atoms with Gasteiger partial charge in [0, 0.05) is 11.9 Å². The number of carboxylic acids is 1. The van der Waals surface area contributed by atoms with Crippen molar-refractivity contribution in [3.8, 4) is 0 Å². The maximum Gasteiger partial charge on any atom is 0.309 e. The van der Waals surface area contributed by atoms with Gasteiger partial charge in [-0.2, -0.15) is 0 Å². The van der Waals surface area contributed by atoms with Crippen LogP contribution in [0.5, 0.6) is 0 Å². The number of aliphatic hydroxyl groups excluding tert-OH is 3. The number of aliphatic carboxylic acids is 1. The molecule has 18 heavy (non-hydrogen) atoms. The van der Waals surface area contributed by atoms with Crippen molar-refractivity contribution < 1.29 is 30.0 Å². The lowest BCUT2D eigenvalue weighted by Crippen LogP contribution is -2.32. The molecule has 1 aromatic rings. The SMILES string of the molecule is O=C(O)Cc1cnc(C2O[C@H](CO)[C@@H](O)[C@H]2O)[nH]1. The largest absolute Gasteiger partial charge is 0.481 e. The highest BCUT2D eigenvalue weighted by Gasteiger charge is 2.44. The van der Waals surface area contributed by atoms with Crippen molar-refractivity contribution >= 4 is 5.97 Å². The van der Waals surface area contributed by atoms with E-state index in [9.17, 15) is 15.0 Å². The van der Waals surface area contributed by atoms with E-state index >= 15 is 0 Å². The van der Waals surface area contributed by atoms with Crippen LogP contribution in [0, 0.1) is 0 Å². The Bertz CT molecular complexity index is 434. The molecule has 0 bridgehead atoms. The predicted octanol–water partition coefficient (Wildman–Crippen LogP) is -1.81. The summed E-state index contributed by atoms with van der Waals surface area (Å²) in [5.74, 6) is -0.778. The van der Waals surface area contributed by atoms with E-state index in [1.54, 1.807) is 0 Å². The zero-order chi connectivity index (χ0) is 13.3. The molecule has 100 valence electrons. The molecule has 4 atom stereocenters. The van der Waals surface area contributed by atoms with Crippen molar-refractivity contribution in [2.75, 3.05) is 6.61 Å². The van der Waals surface area contributed by atoms with Gasteiger partial charge < -0.3 is 30.1 Å². The van der Waals surface area contributed by atoms with Crippen molar-refractivity contribution in [3.63, 3.8) is 0 Å². The molecule has 0 aromatic carbocycles. The summed E-state index contributed by atoms with van der Waals surface area (Å²) in [6.45, 7) is -0.419. The lowest BCUT2D eigenvalue weighted by molar-refractivity contribution is -0.136. The zero-order valence-electron chi connectivity index (χ0n) is 9.35. The summed E-state index contributed by atoms with van der Waals surface area (Å²) in [5.41, 5.74) is 0.371. The number of hydrogen-bond acceptors (Lipinski definition) is 6. The number of carbonyl (C=O) groups is 1. The molecule has 0 amide bonds. The molecular formula is C10H14N2O6. The number of aromatic nitrogens is 2. The molecule has 1 fully saturated rings. The van der Waals surface area contributed by atoms with Gasteiger partial charge in [0.1, 0.15) is 30.2 Å². The van der Waals surface area contributed by atoms with Gasteiger partial charge in [-0.1, -0.05) is 0 Å². The van der Waals surface area contributed by atoms with E-state index < -0.39 is 37.0 Å². The molecule has 1 aliphatic rings. The molecule has 0 spiro atoms. The van der Waals surface area contributed by atoms with Gasteiger partial charge in [0.25, 0.3) is 0 Å². The molecule has 2 heterocycles. The van der Waals surface area contributed by atoms with Gasteiger partial charge in [-0.05, 0) is 0 Å². The lowest BCUT2D eigenvalue weighted by atomic mass is 10.1. The van der Waals surface area contributed by atoms with E-state index in [1.807, 2.05) is 0 Å². The average molecular weight is 258 g/mol. The molecule has 1 aromatic heterocycles. The second kappa shape index (κ2) is 5.02. The molecule has 1 aliphatic heterocycles. The van der Waals surface area contributed by atoms with E-state index in [0.717, 1.165) is 0 Å². The Morgan fingerprint density at radius 3 is 2.72 bits per heavy atom. The van der Waals surface area contributed by atoms with Crippen molar-refractivity contribution in [2.45, 2.75) is 30.8 Å². The molecule has 2 rings (SSSR count). The van der Waals surface area contributed by atoms with Crippen LogP contribution in [-0.4, -0.2) is 61.3 Å². The van der Waals surface area contributed by atoms with Crippen molar-refractivity contribution in [1.82, 2.24) is 9.97 Å². The summed E-state index contributed by atoms with van der Waals surface area (Å²) in [4.78, 5) is 17.1. The lowest BCUT2D eigenvalue weighted by Gasteiger charge is -2.11. The van der Waals surface area contributed by atoms with Gasteiger partial charge in [0.2, 0.25) is 0 Å². The Kier molecular flexibility index (Phi) is 3.62. The fraction of sp³-hybridized carbons (Fsp3) is 0.600. The molecule has 8 nitrogen and oxygen atoms in total. The van der Waals surface area contributed by atoms with Crippen LogP contribution in [0.1, 0.15) is 17.6 Å². The van der Waals surface area contributed by atoms with Gasteiger partial charge in [0.05, 0.1) is 13.0 Å². The Morgan fingerprint density at radius 1 is 1.44 bits per heavy atom. The van der Waals surface area contributed by atoms with E-state index in [2.05, 4.69) is 9.97 Å². The number of hydrogen-bond donors (Lipinski definition) is 5. The van der Waals surface area contributed by atoms with Crippen LogP contribution < -0.4 is 0 Å². The Labute approximate surface area is 102 Å². The monoisotopic (exact) mass is 258 g/mol. The zero-order valence-corrected chi connectivity index (χ0v) is 9.35. The molecule has 1 unspecified atom stereocenters. The quantitative estimate of drug-likeness (QED) is 0.429. The third-order valence-corrected chi connectivity index (χ3v) is 2.80. The van der Waals surface area contributed by atoms with Gasteiger partial charge in [-0.25, -0.2) is 4.98 Å². The number of H-pyrrole nitrogens is 1. The fourth-order valence-corrected chi connectivity index (χ4v) is 1.90. The number of nitrogens with zero attached hydrogens (tertiary/aromatic N) is 1. The van der Waals surface area contributed by atoms with Crippen LogP contribution in [0.3, 0.4) is 0 Å². The fourth-order valence-electron chi connectivity index (χ4n) is 1.90. The van der Waals surface area contributed by atoms with Crippen LogP contribution in [0.25, 0.3) is 0 Å². The van der Waals surface area contributed by atoms with Crippen LogP contribution in [0.2, 0.25) is 0 Å². The third kappa shape index (κ3) is 2.36. The van der Waals surface area contributed by atoms with Crippen LogP contribution in [0.4, 0.5) is 0 Å². The third-order valence-electron chi connectivity index (χ3n) is 2.80. The molecular weight excluding hydrogens is 244 g/mol. The number of ether oxygens (including phenoxy) is 1. The molecule has 0 radical (unpaired) electrons. The summed E-state index contributed by atoms with van der Waals surface area (Å²) in [6.07, 6.45) is -3.09. The Hall–Kier alpha value is -1.48. The maximum absolute atomic E-state index is 10.5. The molecule has 1 saturated heterocycles. The van der Waals surface area contributed by atoms with Crippen LogP contribution in [0.15, 0.2) is 6.20 Å². The van der Waals surface area contributed by atoms with Crippen molar-refractivity contribution in [2.24, 2.45) is 0 Å². The van der Waals surface area contributed by atoms with Gasteiger partial charge in [-0.15, -0.1) is 0 Å². The molecule has 5 N–H and O–H groups in total. The number of rotatable bonds is 4. The first-order valence-electron chi connectivity index (χ1n) is 5.41. The second-order valence-corrected chi connectivity index (χ2v) is 4.12. The van der Waals surface area contributed by atoms with Gasteiger partial charge in [-0.3, -0.25) is 4.79 Å². The number of aromatic amines is 1. The topological polar surface area (TPSA) is 136 Å². The number of aliphatic hydroxyl groups is 3. The summed E-state index contributed by atoms with van der Waals surface area (Å²) in [7, 11) is 0. The van der Waals surface area contributed by atoms with E-state index in [4.69, 9.17) is 14.9 Å². The summed E-state index contributed by atoms with van der Waals surface area (Å²) in [6, 6.07) is 0. The smallest absolute Gasteiger partial charge is 0.309 e. The molecule has 0 saturated carbocycles. The second-order valence-electron chi connectivity index (χ2n) is 4.12. The average Bonchev–Trinajstić information content (AvgIpc) is 2.86. The number of nitrogens with one attached hydrogen (secondary N) is 1. The maximum atomic E-state index is 10.5. The van der Waals surface area contributed by atoms with Crippen LogP contribution in [-0.2, 0) is 16.0 Å². The normalized spacial score (nSPS) is 31.7. The first-order valence-corrected chi connectivity index (χ1v) is 5.41. The minimum atomic E-state index is -1.22. The van der Waals surface area contributed by atoms with Gasteiger partial charge >= 0.3 is 5.97 Å². The highest BCUT2D eigenvalue weighted by molar-refractivity contribution is 5.69. The first-order chi connectivity index (χ1) is 8.52. The van der Waals surface area contributed by atoms with Crippen molar-refractivity contribution in [3.05, 3.63) is 17.7 Å². The van der Waals surface area contributed by atoms with E-state index in [1.165, 1.54) is 6.20 Å². The highest BCUT2D eigenvalue weighted by Crippen LogP contribution is 2.31.